The van der Waals surface area contributed by atoms with Crippen molar-refractivity contribution in [3.8, 4) is 0 Å². The van der Waals surface area contributed by atoms with Crippen molar-refractivity contribution in [1.82, 2.24) is 9.88 Å². The maximum absolute atomic E-state index is 13.1. The Morgan fingerprint density at radius 3 is 2.45 bits per heavy atom. The van der Waals surface area contributed by atoms with Crippen molar-refractivity contribution in [2.75, 3.05) is 37.8 Å². The van der Waals surface area contributed by atoms with E-state index in [0.29, 0.717) is 6.54 Å². The molecular weight excluding hydrogens is 429 g/mol. The van der Waals surface area contributed by atoms with Gasteiger partial charge in [-0.1, -0.05) is 17.4 Å². The minimum Gasteiger partial charge on any atom is -0.308 e. The molecule has 1 amide bonds. The summed E-state index contributed by atoms with van der Waals surface area (Å²) in [4.78, 5) is 22.5. The van der Waals surface area contributed by atoms with Crippen LogP contribution in [0.25, 0.3) is 10.2 Å². The van der Waals surface area contributed by atoms with Gasteiger partial charge in [0.15, 0.2) is 5.13 Å². The molecule has 0 saturated heterocycles. The number of aryl methyl sites for hydroxylation is 2. The number of thioether (sulfide) groups is 1. The van der Waals surface area contributed by atoms with Gasteiger partial charge in [0.25, 0.3) is 0 Å². The molecule has 1 heterocycles. The molecule has 0 unspecified atom stereocenters. The van der Waals surface area contributed by atoms with E-state index in [1.54, 1.807) is 28.4 Å². The van der Waals surface area contributed by atoms with Gasteiger partial charge in [-0.25, -0.2) is 9.37 Å². The smallest absolute Gasteiger partial charge is 0.239 e. The summed E-state index contributed by atoms with van der Waals surface area (Å²) >= 11 is 2.96. The lowest BCUT2D eigenvalue weighted by molar-refractivity contribution is -0.116. The van der Waals surface area contributed by atoms with Gasteiger partial charge < -0.3 is 4.90 Å². The zero-order chi connectivity index (χ0) is 20.3. The number of carbonyl (C=O) groups is 1. The average Bonchev–Trinajstić information content (AvgIpc) is 3.09. The van der Waals surface area contributed by atoms with E-state index in [9.17, 15) is 9.18 Å². The summed E-state index contributed by atoms with van der Waals surface area (Å²) in [6.07, 6.45) is 0. The van der Waals surface area contributed by atoms with Crippen molar-refractivity contribution < 1.29 is 9.18 Å². The monoisotopic (exact) mass is 453 g/mol. The fourth-order valence-electron chi connectivity index (χ4n) is 2.71. The molecule has 3 aromatic rings. The van der Waals surface area contributed by atoms with Crippen LogP contribution in [-0.2, 0) is 4.79 Å². The molecule has 8 heteroatoms. The Kier molecular flexibility index (Phi) is 8.46. The lowest BCUT2D eigenvalue weighted by atomic mass is 10.1. The second-order valence-corrected chi connectivity index (χ2v) is 9.00. The van der Waals surface area contributed by atoms with Crippen molar-refractivity contribution in [3.63, 3.8) is 0 Å². The number of fused-ring (bicyclic) bond motifs is 1. The van der Waals surface area contributed by atoms with E-state index >= 15 is 0 Å². The first-order valence-electron chi connectivity index (χ1n) is 9.05. The molecule has 0 saturated carbocycles. The van der Waals surface area contributed by atoms with E-state index in [0.717, 1.165) is 32.4 Å². The summed E-state index contributed by atoms with van der Waals surface area (Å²) in [5.41, 5.74) is 3.32. The minimum absolute atomic E-state index is 0. The molecule has 4 nitrogen and oxygen atoms in total. The van der Waals surface area contributed by atoms with Crippen LogP contribution >= 0.6 is 35.5 Å². The number of halogens is 2. The van der Waals surface area contributed by atoms with Crippen LogP contribution < -0.4 is 4.90 Å². The van der Waals surface area contributed by atoms with Gasteiger partial charge in [-0.2, -0.15) is 0 Å². The highest BCUT2D eigenvalue weighted by molar-refractivity contribution is 8.00. The van der Waals surface area contributed by atoms with E-state index < -0.39 is 0 Å². The van der Waals surface area contributed by atoms with Crippen LogP contribution in [-0.4, -0.2) is 48.7 Å². The molecule has 1 aromatic heterocycles. The van der Waals surface area contributed by atoms with Crippen molar-refractivity contribution in [2.24, 2.45) is 0 Å². The largest absolute Gasteiger partial charge is 0.308 e. The standard InChI is InChI=1S/C21H24FN3OS2.ClH/c1-14-5-10-18-20(15(14)2)23-21(28-18)25(12-11-24(3)4)19(26)13-27-17-8-6-16(22)7-9-17;/h5-10H,11-13H2,1-4H3;1H. The Labute approximate surface area is 185 Å². The molecule has 0 N–H and O–H groups in total. The van der Waals surface area contributed by atoms with E-state index in [4.69, 9.17) is 4.98 Å². The third kappa shape index (κ3) is 5.92. The zero-order valence-corrected chi connectivity index (χ0v) is 19.4. The molecular formula is C21H25ClFN3OS2. The molecule has 156 valence electrons. The first-order chi connectivity index (χ1) is 13.3. The fourth-order valence-corrected chi connectivity index (χ4v) is 4.55. The van der Waals surface area contributed by atoms with Crippen LogP contribution in [0, 0.1) is 19.7 Å². The van der Waals surface area contributed by atoms with Crippen LogP contribution in [0.3, 0.4) is 0 Å². The number of amides is 1. The van der Waals surface area contributed by atoms with Gasteiger partial charge in [-0.15, -0.1) is 24.2 Å². The molecule has 29 heavy (non-hydrogen) atoms. The Morgan fingerprint density at radius 2 is 1.79 bits per heavy atom. The second-order valence-electron chi connectivity index (χ2n) is 6.94. The maximum Gasteiger partial charge on any atom is 0.239 e. The third-order valence-corrected chi connectivity index (χ3v) is 6.59. The van der Waals surface area contributed by atoms with Crippen LogP contribution in [0.2, 0.25) is 0 Å². The van der Waals surface area contributed by atoms with Gasteiger partial charge in [0, 0.05) is 18.0 Å². The molecule has 0 atom stereocenters. The molecule has 0 aliphatic heterocycles. The molecule has 0 aliphatic rings. The highest BCUT2D eigenvalue weighted by Crippen LogP contribution is 2.32. The second kappa shape index (κ2) is 10.4. The quantitative estimate of drug-likeness (QED) is 0.463. The Morgan fingerprint density at radius 1 is 1.10 bits per heavy atom. The number of rotatable bonds is 7. The predicted octanol–water partition coefficient (Wildman–Crippen LogP) is 5.16. The fraction of sp³-hybridized carbons (Fsp3) is 0.333. The van der Waals surface area contributed by atoms with Crippen molar-refractivity contribution in [3.05, 3.63) is 53.3 Å². The van der Waals surface area contributed by atoms with Gasteiger partial charge in [-0.3, -0.25) is 9.69 Å². The molecule has 2 aromatic carbocycles. The molecule has 3 rings (SSSR count). The number of thiazole rings is 1. The van der Waals surface area contributed by atoms with Gasteiger partial charge in [0.1, 0.15) is 5.82 Å². The number of hydrogen-bond donors (Lipinski definition) is 0. The summed E-state index contributed by atoms with van der Waals surface area (Å²) in [6.45, 7) is 5.47. The Balaban J connectivity index is 0.00000300. The summed E-state index contributed by atoms with van der Waals surface area (Å²) in [5.74, 6) is 0.0144. The number of benzene rings is 2. The van der Waals surface area contributed by atoms with E-state index in [1.165, 1.54) is 29.5 Å². The predicted molar refractivity (Wildman–Crippen MR) is 124 cm³/mol. The van der Waals surface area contributed by atoms with Crippen molar-refractivity contribution in [2.45, 2.75) is 18.7 Å². The lowest BCUT2D eigenvalue weighted by Crippen LogP contribution is -2.37. The number of likely N-dealkylation sites (N-methyl/N-ethyl adjacent to an activating group) is 1. The van der Waals surface area contributed by atoms with Crippen molar-refractivity contribution in [1.29, 1.82) is 0 Å². The first kappa shape index (κ1) is 23.6. The number of aromatic nitrogens is 1. The minimum atomic E-state index is -0.275. The highest BCUT2D eigenvalue weighted by Gasteiger charge is 2.21. The lowest BCUT2D eigenvalue weighted by Gasteiger charge is -2.21. The van der Waals surface area contributed by atoms with E-state index in [1.807, 2.05) is 14.1 Å². The average molecular weight is 454 g/mol. The Bertz CT molecular complexity index is 976. The summed E-state index contributed by atoms with van der Waals surface area (Å²) in [7, 11) is 3.98. The van der Waals surface area contributed by atoms with Crippen molar-refractivity contribution >= 4 is 56.8 Å². The number of carbonyl (C=O) groups excluding carboxylic acids is 1. The van der Waals surface area contributed by atoms with Crippen LogP contribution in [0.1, 0.15) is 11.1 Å². The maximum atomic E-state index is 13.1. The molecule has 0 fully saturated rings. The first-order valence-corrected chi connectivity index (χ1v) is 10.9. The number of nitrogens with zero attached hydrogens (tertiary/aromatic N) is 3. The molecule has 0 radical (unpaired) electrons. The summed E-state index contributed by atoms with van der Waals surface area (Å²) in [5, 5.41) is 0.732. The number of hydrogen-bond acceptors (Lipinski definition) is 5. The third-order valence-electron chi connectivity index (χ3n) is 4.55. The summed E-state index contributed by atoms with van der Waals surface area (Å²) in [6, 6.07) is 10.4. The van der Waals surface area contributed by atoms with Gasteiger partial charge >= 0.3 is 0 Å². The molecule has 0 bridgehead atoms. The highest BCUT2D eigenvalue weighted by atomic mass is 35.5. The van der Waals surface area contributed by atoms with Gasteiger partial charge in [0.05, 0.1) is 16.0 Å². The van der Waals surface area contributed by atoms with Gasteiger partial charge in [0.2, 0.25) is 5.91 Å². The molecule has 0 aliphatic carbocycles. The topological polar surface area (TPSA) is 36.4 Å². The zero-order valence-electron chi connectivity index (χ0n) is 16.9. The number of anilines is 1. The van der Waals surface area contributed by atoms with E-state index in [2.05, 4.69) is 30.9 Å². The van der Waals surface area contributed by atoms with E-state index in [-0.39, 0.29) is 29.9 Å². The van der Waals surface area contributed by atoms with Crippen LogP contribution in [0.4, 0.5) is 9.52 Å². The van der Waals surface area contributed by atoms with Crippen LogP contribution in [0.5, 0.6) is 0 Å². The normalized spacial score (nSPS) is 11.0. The summed E-state index contributed by atoms with van der Waals surface area (Å²) < 4.78 is 14.2. The van der Waals surface area contributed by atoms with Gasteiger partial charge in [-0.05, 0) is 69.4 Å². The Hall–Kier alpha value is -1.67. The molecule has 0 spiro atoms. The SMILES string of the molecule is Cc1ccc2sc(N(CCN(C)C)C(=O)CSc3ccc(F)cc3)nc2c1C.Cl. The van der Waals surface area contributed by atoms with Crippen LogP contribution in [0.15, 0.2) is 41.3 Å².